The molecule has 294 valence electrons. The summed E-state index contributed by atoms with van der Waals surface area (Å²) in [4.78, 5) is 63.3. The van der Waals surface area contributed by atoms with Crippen molar-refractivity contribution >= 4 is 45.8 Å². The van der Waals surface area contributed by atoms with Crippen LogP contribution in [-0.2, 0) is 39.2 Å². The van der Waals surface area contributed by atoms with Crippen LogP contribution in [0.5, 0.6) is 0 Å². The van der Waals surface area contributed by atoms with Gasteiger partial charge in [-0.05, 0) is 90.1 Å². The molecule has 3 amide bonds. The lowest BCUT2D eigenvalue weighted by molar-refractivity contribution is -0.138. The van der Waals surface area contributed by atoms with E-state index in [-0.39, 0.29) is 22.7 Å². The molecule has 55 heavy (non-hydrogen) atoms. The summed E-state index contributed by atoms with van der Waals surface area (Å²) in [5.74, 6) is -1.77. The minimum Gasteiger partial charge on any atom is -0.464 e. The van der Waals surface area contributed by atoms with Gasteiger partial charge < -0.3 is 19.5 Å². The van der Waals surface area contributed by atoms with E-state index in [0.29, 0.717) is 11.3 Å². The SMILES string of the molecule is C=CC(C)(C)[C@@]12C[C@@H](C(=O)N/C(=C\c3cn(S(=O)(=O)c4ccc(C)cc4)cn3)C(=O)OC)N(C(=O)OC(C)(C)C)[C@@H]1N(C(=O)OC(C)(C)C)c1ccccc12. The summed E-state index contributed by atoms with van der Waals surface area (Å²) in [5.41, 5.74) is -2.23. The quantitative estimate of drug-likeness (QED) is 0.119. The number of carbonyl (C=O) groups is 4. The highest BCUT2D eigenvalue weighted by Gasteiger charge is 2.70. The molecule has 1 aromatic heterocycles. The molecule has 0 radical (unpaired) electrons. The fourth-order valence-corrected chi connectivity index (χ4v) is 8.22. The minimum absolute atomic E-state index is 0.0120. The Morgan fingerprint density at radius 2 is 1.53 bits per heavy atom. The van der Waals surface area contributed by atoms with Crippen LogP contribution in [0.3, 0.4) is 0 Å². The van der Waals surface area contributed by atoms with Gasteiger partial charge in [-0.15, -0.1) is 6.58 Å². The van der Waals surface area contributed by atoms with E-state index in [9.17, 15) is 27.6 Å². The zero-order valence-corrected chi connectivity index (χ0v) is 33.7. The van der Waals surface area contributed by atoms with Gasteiger partial charge in [-0.1, -0.05) is 55.8 Å². The van der Waals surface area contributed by atoms with Gasteiger partial charge in [-0.3, -0.25) is 14.6 Å². The fraction of sp³-hybridized carbons (Fsp3) is 0.425. The molecule has 5 rings (SSSR count). The summed E-state index contributed by atoms with van der Waals surface area (Å²) in [5, 5.41) is 2.61. The van der Waals surface area contributed by atoms with Crippen molar-refractivity contribution in [1.29, 1.82) is 0 Å². The number of anilines is 1. The molecule has 1 saturated heterocycles. The van der Waals surface area contributed by atoms with Gasteiger partial charge in [0.05, 0.1) is 23.4 Å². The molecular formula is C40H49N5O9S. The Labute approximate surface area is 322 Å². The number of fused-ring (bicyclic) bond motifs is 3. The monoisotopic (exact) mass is 775 g/mol. The smallest absolute Gasteiger partial charge is 0.416 e. The molecule has 3 aromatic rings. The number of esters is 1. The number of aromatic nitrogens is 2. The maximum absolute atomic E-state index is 14.6. The van der Waals surface area contributed by atoms with Gasteiger partial charge in [0.1, 0.15) is 35.4 Å². The molecule has 0 aliphatic carbocycles. The lowest BCUT2D eigenvalue weighted by atomic mass is 9.60. The van der Waals surface area contributed by atoms with Gasteiger partial charge in [-0.25, -0.2) is 31.8 Å². The summed E-state index contributed by atoms with van der Waals surface area (Å²) in [6.45, 7) is 20.0. The molecule has 2 aliphatic rings. The number of allylic oxidation sites excluding steroid dienone is 1. The lowest BCUT2D eigenvalue weighted by Gasteiger charge is -2.45. The Kier molecular flexibility index (Phi) is 10.6. The first-order valence-electron chi connectivity index (χ1n) is 17.7. The molecule has 0 bridgehead atoms. The van der Waals surface area contributed by atoms with E-state index in [1.807, 2.05) is 32.9 Å². The zero-order chi connectivity index (χ0) is 40.9. The van der Waals surface area contributed by atoms with Gasteiger partial charge in [0.15, 0.2) is 0 Å². The van der Waals surface area contributed by atoms with Crippen LogP contribution in [0.2, 0.25) is 0 Å². The first-order valence-corrected chi connectivity index (χ1v) is 19.1. The van der Waals surface area contributed by atoms with E-state index in [1.165, 1.54) is 34.2 Å². The minimum atomic E-state index is -4.03. The average Bonchev–Trinajstić information content (AvgIpc) is 3.78. The highest BCUT2D eigenvalue weighted by Crippen LogP contribution is 2.62. The van der Waals surface area contributed by atoms with Crippen molar-refractivity contribution in [2.45, 2.75) is 102 Å². The van der Waals surface area contributed by atoms with Crippen molar-refractivity contribution < 1.29 is 41.8 Å². The summed E-state index contributed by atoms with van der Waals surface area (Å²) in [6.07, 6.45) is 2.35. The summed E-state index contributed by atoms with van der Waals surface area (Å²) in [6, 6.07) is 12.1. The first-order chi connectivity index (χ1) is 25.5. The van der Waals surface area contributed by atoms with Crippen LogP contribution in [0.4, 0.5) is 15.3 Å². The number of carbonyl (C=O) groups excluding carboxylic acids is 4. The van der Waals surface area contributed by atoms with Crippen molar-refractivity contribution in [3.8, 4) is 0 Å². The lowest BCUT2D eigenvalue weighted by Crippen LogP contribution is -2.60. The zero-order valence-electron chi connectivity index (χ0n) is 32.9. The molecule has 14 nitrogen and oxygen atoms in total. The van der Waals surface area contributed by atoms with Crippen LogP contribution in [0.1, 0.15) is 78.6 Å². The van der Waals surface area contributed by atoms with Crippen LogP contribution in [0.15, 0.2) is 84.3 Å². The van der Waals surface area contributed by atoms with Gasteiger partial charge in [-0.2, -0.15) is 0 Å². The normalized spacial score (nSPS) is 20.0. The van der Waals surface area contributed by atoms with E-state index >= 15 is 0 Å². The number of aryl methyl sites for hydroxylation is 1. The number of imidazole rings is 1. The summed E-state index contributed by atoms with van der Waals surface area (Å²) < 4.78 is 44.3. The number of methoxy groups -OCH3 is 1. The molecule has 2 aromatic carbocycles. The van der Waals surface area contributed by atoms with Crippen molar-refractivity contribution in [3.05, 3.63) is 96.2 Å². The highest BCUT2D eigenvalue weighted by molar-refractivity contribution is 7.90. The Morgan fingerprint density at radius 1 is 0.927 bits per heavy atom. The number of nitrogens with zero attached hydrogens (tertiary/aromatic N) is 4. The van der Waals surface area contributed by atoms with Crippen LogP contribution >= 0.6 is 0 Å². The summed E-state index contributed by atoms with van der Waals surface area (Å²) >= 11 is 0. The van der Waals surface area contributed by atoms with Crippen molar-refractivity contribution in [2.75, 3.05) is 12.0 Å². The summed E-state index contributed by atoms with van der Waals surface area (Å²) in [7, 11) is -2.91. The third-order valence-electron chi connectivity index (χ3n) is 9.73. The fourth-order valence-electron chi connectivity index (χ4n) is 7.08. The van der Waals surface area contributed by atoms with Crippen molar-refractivity contribution in [3.63, 3.8) is 0 Å². The molecule has 1 fully saturated rings. The van der Waals surface area contributed by atoms with Crippen LogP contribution in [-0.4, -0.2) is 76.9 Å². The van der Waals surface area contributed by atoms with E-state index in [0.717, 1.165) is 23.0 Å². The largest absolute Gasteiger partial charge is 0.464 e. The van der Waals surface area contributed by atoms with E-state index in [4.69, 9.17) is 14.2 Å². The Balaban J connectivity index is 1.63. The Bertz CT molecular complexity index is 2160. The standard InChI is InChI=1S/C40H49N5O9S/c1-12-39(9,10)40-22-31(32(46)42-29(33(47)52-11)21-26-23-43(24-41-26)55(50,51)27-19-17-25(2)18-20-27)45(36(49)54-38(6,7)8)34(40)44(35(48)53-37(3,4)5)30-16-14-13-15-28(30)40/h12-21,23-24,31,34H,1,22H2,2-11H3,(H,42,46)/b29-21-/t31-,34-,40+/m0/s1. The topological polar surface area (TPSA) is 166 Å². The van der Waals surface area contributed by atoms with Crippen molar-refractivity contribution in [2.24, 2.45) is 5.41 Å². The number of rotatable bonds is 8. The van der Waals surface area contributed by atoms with E-state index in [2.05, 4.69) is 16.9 Å². The first kappa shape index (κ1) is 40.7. The van der Waals surface area contributed by atoms with Crippen molar-refractivity contribution in [1.82, 2.24) is 19.2 Å². The molecule has 15 heteroatoms. The second kappa shape index (κ2) is 14.3. The number of hydrogen-bond acceptors (Lipinski definition) is 10. The number of amides is 3. The molecule has 3 heterocycles. The molecule has 0 unspecified atom stereocenters. The number of ether oxygens (including phenoxy) is 3. The Hall–Kier alpha value is -5.44. The van der Waals surface area contributed by atoms with Gasteiger partial charge in [0, 0.05) is 11.6 Å². The van der Waals surface area contributed by atoms with Crippen LogP contribution in [0, 0.1) is 12.3 Å². The highest BCUT2D eigenvalue weighted by atomic mass is 32.2. The number of benzene rings is 2. The molecule has 0 spiro atoms. The second-order valence-corrected chi connectivity index (χ2v) is 18.1. The maximum atomic E-state index is 14.6. The number of para-hydroxylation sites is 1. The Morgan fingerprint density at radius 3 is 2.11 bits per heavy atom. The number of likely N-dealkylation sites (tertiary alicyclic amines) is 1. The van der Waals surface area contributed by atoms with Gasteiger partial charge in [0.2, 0.25) is 5.91 Å². The molecule has 1 N–H and O–H groups in total. The van der Waals surface area contributed by atoms with E-state index < -0.39 is 68.3 Å². The van der Waals surface area contributed by atoms with Crippen LogP contribution < -0.4 is 10.2 Å². The molecule has 2 aliphatic heterocycles. The third-order valence-corrected chi connectivity index (χ3v) is 11.4. The third kappa shape index (κ3) is 7.62. The van der Waals surface area contributed by atoms with E-state index in [1.54, 1.807) is 71.9 Å². The predicted octanol–water partition coefficient (Wildman–Crippen LogP) is 6.30. The molecular weight excluding hydrogens is 727 g/mol. The predicted molar refractivity (Wildman–Crippen MR) is 205 cm³/mol. The number of nitrogens with one attached hydrogen (secondary N) is 1. The molecule has 0 saturated carbocycles. The van der Waals surface area contributed by atoms with Gasteiger partial charge >= 0.3 is 18.2 Å². The number of hydrogen-bond donors (Lipinski definition) is 1. The maximum Gasteiger partial charge on any atom is 0.416 e. The van der Waals surface area contributed by atoms with Crippen LogP contribution in [0.25, 0.3) is 6.08 Å². The van der Waals surface area contributed by atoms with Gasteiger partial charge in [0.25, 0.3) is 10.0 Å². The molecule has 3 atom stereocenters. The second-order valence-electron chi connectivity index (χ2n) is 16.2. The average molecular weight is 776 g/mol.